The molecule has 1 N–H and O–H groups in total. The Labute approximate surface area is 110 Å². The standard InChI is InChI=1S/C13H13N3O3/c1-2-19-8-12-15-6-4-10(16-12)11-7-9(13(17)18)3-5-14-11/h3-7H,2,8H2,1H3,(H,17,18). The van der Waals surface area contributed by atoms with Gasteiger partial charge in [0.15, 0.2) is 5.82 Å². The van der Waals surface area contributed by atoms with E-state index < -0.39 is 5.97 Å². The van der Waals surface area contributed by atoms with E-state index in [2.05, 4.69) is 15.0 Å². The van der Waals surface area contributed by atoms with Crippen LogP contribution in [0.2, 0.25) is 0 Å². The van der Waals surface area contributed by atoms with Crippen LogP contribution in [0.4, 0.5) is 0 Å². The lowest BCUT2D eigenvalue weighted by atomic mass is 10.2. The summed E-state index contributed by atoms with van der Waals surface area (Å²) >= 11 is 0. The van der Waals surface area contributed by atoms with E-state index in [-0.39, 0.29) is 5.56 Å². The Morgan fingerprint density at radius 3 is 2.79 bits per heavy atom. The monoisotopic (exact) mass is 259 g/mol. The zero-order valence-corrected chi connectivity index (χ0v) is 10.4. The van der Waals surface area contributed by atoms with Crippen molar-refractivity contribution in [3.05, 3.63) is 42.0 Å². The fourth-order valence-corrected chi connectivity index (χ4v) is 1.51. The SMILES string of the molecule is CCOCc1nccc(-c2cc(C(=O)O)ccn2)n1. The number of carboxylic acids is 1. The van der Waals surface area contributed by atoms with Crippen LogP contribution < -0.4 is 0 Å². The van der Waals surface area contributed by atoms with Crippen molar-refractivity contribution in [1.82, 2.24) is 15.0 Å². The van der Waals surface area contributed by atoms with Crippen LogP contribution >= 0.6 is 0 Å². The minimum Gasteiger partial charge on any atom is -0.478 e. The van der Waals surface area contributed by atoms with Gasteiger partial charge in [-0.3, -0.25) is 4.98 Å². The van der Waals surface area contributed by atoms with Crippen LogP contribution in [0.15, 0.2) is 30.6 Å². The molecule has 6 nitrogen and oxygen atoms in total. The second-order valence-corrected chi connectivity index (χ2v) is 3.73. The number of hydrogen-bond acceptors (Lipinski definition) is 5. The van der Waals surface area contributed by atoms with Gasteiger partial charge in [-0.2, -0.15) is 0 Å². The minimum absolute atomic E-state index is 0.176. The van der Waals surface area contributed by atoms with Crippen molar-refractivity contribution >= 4 is 5.97 Å². The third kappa shape index (κ3) is 3.32. The zero-order chi connectivity index (χ0) is 13.7. The number of hydrogen-bond donors (Lipinski definition) is 1. The second-order valence-electron chi connectivity index (χ2n) is 3.73. The van der Waals surface area contributed by atoms with Crippen molar-refractivity contribution in [2.24, 2.45) is 0 Å². The van der Waals surface area contributed by atoms with Crippen LogP contribution in [-0.4, -0.2) is 32.6 Å². The summed E-state index contributed by atoms with van der Waals surface area (Å²) in [6, 6.07) is 4.60. The molecule has 0 aromatic carbocycles. The van der Waals surface area contributed by atoms with Crippen LogP contribution in [0.3, 0.4) is 0 Å². The van der Waals surface area contributed by atoms with Gasteiger partial charge in [0.2, 0.25) is 0 Å². The summed E-state index contributed by atoms with van der Waals surface area (Å²) < 4.78 is 5.23. The first-order valence-electron chi connectivity index (χ1n) is 5.80. The quantitative estimate of drug-likeness (QED) is 0.880. The van der Waals surface area contributed by atoms with Gasteiger partial charge < -0.3 is 9.84 Å². The minimum atomic E-state index is -0.993. The van der Waals surface area contributed by atoms with Crippen molar-refractivity contribution < 1.29 is 14.6 Å². The van der Waals surface area contributed by atoms with Gasteiger partial charge in [-0.25, -0.2) is 14.8 Å². The Morgan fingerprint density at radius 2 is 2.05 bits per heavy atom. The Balaban J connectivity index is 2.30. The lowest BCUT2D eigenvalue weighted by Gasteiger charge is -2.04. The molecule has 2 aromatic heterocycles. The topological polar surface area (TPSA) is 85.2 Å². The highest BCUT2D eigenvalue weighted by Crippen LogP contribution is 2.15. The highest BCUT2D eigenvalue weighted by atomic mass is 16.5. The first-order chi connectivity index (χ1) is 9.20. The molecule has 0 unspecified atom stereocenters. The normalized spacial score (nSPS) is 10.4. The van der Waals surface area contributed by atoms with E-state index in [0.717, 1.165) is 0 Å². The van der Waals surface area contributed by atoms with E-state index in [9.17, 15) is 4.79 Å². The van der Waals surface area contributed by atoms with Gasteiger partial charge in [-0.15, -0.1) is 0 Å². The fraction of sp³-hybridized carbons (Fsp3) is 0.231. The van der Waals surface area contributed by atoms with Crippen molar-refractivity contribution in [3.63, 3.8) is 0 Å². The number of rotatable bonds is 5. The van der Waals surface area contributed by atoms with Gasteiger partial charge in [0.25, 0.3) is 0 Å². The van der Waals surface area contributed by atoms with E-state index in [1.54, 1.807) is 12.3 Å². The molecule has 19 heavy (non-hydrogen) atoms. The molecule has 2 heterocycles. The Morgan fingerprint density at radius 1 is 1.26 bits per heavy atom. The lowest BCUT2D eigenvalue weighted by molar-refractivity contribution is 0.0697. The van der Waals surface area contributed by atoms with E-state index in [0.29, 0.717) is 30.4 Å². The lowest BCUT2D eigenvalue weighted by Crippen LogP contribution is -2.01. The summed E-state index contributed by atoms with van der Waals surface area (Å²) in [4.78, 5) is 23.4. The average molecular weight is 259 g/mol. The number of carbonyl (C=O) groups is 1. The summed E-state index contributed by atoms with van der Waals surface area (Å²) in [5.41, 5.74) is 1.25. The Kier molecular flexibility index (Phi) is 4.15. The van der Waals surface area contributed by atoms with Crippen molar-refractivity contribution in [2.75, 3.05) is 6.61 Å². The maximum atomic E-state index is 10.9. The van der Waals surface area contributed by atoms with E-state index in [1.807, 2.05) is 6.92 Å². The van der Waals surface area contributed by atoms with Crippen molar-refractivity contribution in [2.45, 2.75) is 13.5 Å². The molecule has 6 heteroatoms. The number of carboxylic acid groups (broad SMARTS) is 1. The first-order valence-corrected chi connectivity index (χ1v) is 5.80. The van der Waals surface area contributed by atoms with E-state index in [1.165, 1.54) is 18.3 Å². The van der Waals surface area contributed by atoms with Crippen LogP contribution in [0.5, 0.6) is 0 Å². The molecular formula is C13H13N3O3. The van der Waals surface area contributed by atoms with Crippen LogP contribution in [0.25, 0.3) is 11.4 Å². The van der Waals surface area contributed by atoms with Crippen molar-refractivity contribution in [1.29, 1.82) is 0 Å². The molecule has 0 saturated heterocycles. The highest BCUT2D eigenvalue weighted by Gasteiger charge is 2.08. The predicted molar refractivity (Wildman–Crippen MR) is 67.6 cm³/mol. The third-order valence-corrected chi connectivity index (χ3v) is 2.41. The number of nitrogens with zero attached hydrogens (tertiary/aromatic N) is 3. The Hall–Kier alpha value is -2.34. The molecule has 0 saturated carbocycles. The summed E-state index contributed by atoms with van der Waals surface area (Å²) in [5.74, 6) is -0.450. The van der Waals surface area contributed by atoms with Gasteiger partial charge in [0.05, 0.1) is 17.0 Å². The highest BCUT2D eigenvalue weighted by molar-refractivity contribution is 5.88. The number of aromatic carboxylic acids is 1. The van der Waals surface area contributed by atoms with Gasteiger partial charge in [-0.1, -0.05) is 0 Å². The number of aromatic nitrogens is 3. The summed E-state index contributed by atoms with van der Waals surface area (Å²) in [7, 11) is 0. The smallest absolute Gasteiger partial charge is 0.335 e. The molecule has 0 radical (unpaired) electrons. The molecule has 0 fully saturated rings. The number of ether oxygens (including phenoxy) is 1. The fourth-order valence-electron chi connectivity index (χ4n) is 1.51. The second kappa shape index (κ2) is 6.01. The van der Waals surface area contributed by atoms with Crippen LogP contribution in [0, 0.1) is 0 Å². The third-order valence-electron chi connectivity index (χ3n) is 2.41. The van der Waals surface area contributed by atoms with Gasteiger partial charge in [0.1, 0.15) is 6.61 Å². The summed E-state index contributed by atoms with van der Waals surface area (Å²) in [6.45, 7) is 2.80. The van der Waals surface area contributed by atoms with Crippen LogP contribution in [0.1, 0.15) is 23.1 Å². The molecular weight excluding hydrogens is 246 g/mol. The predicted octanol–water partition coefficient (Wildman–Crippen LogP) is 1.77. The molecule has 0 aliphatic heterocycles. The van der Waals surface area contributed by atoms with Crippen molar-refractivity contribution in [3.8, 4) is 11.4 Å². The molecule has 98 valence electrons. The molecule has 0 amide bonds. The summed E-state index contributed by atoms with van der Waals surface area (Å²) in [6.07, 6.45) is 3.05. The average Bonchev–Trinajstić information content (AvgIpc) is 2.45. The molecule has 2 rings (SSSR count). The molecule has 0 spiro atoms. The maximum absolute atomic E-state index is 10.9. The largest absolute Gasteiger partial charge is 0.478 e. The molecule has 2 aromatic rings. The van der Waals surface area contributed by atoms with E-state index >= 15 is 0 Å². The zero-order valence-electron chi connectivity index (χ0n) is 10.4. The van der Waals surface area contributed by atoms with Gasteiger partial charge in [0, 0.05) is 19.0 Å². The Bertz CT molecular complexity index is 587. The summed E-state index contributed by atoms with van der Waals surface area (Å²) in [5, 5.41) is 8.95. The van der Waals surface area contributed by atoms with Gasteiger partial charge >= 0.3 is 5.97 Å². The van der Waals surface area contributed by atoms with Crippen LogP contribution in [-0.2, 0) is 11.3 Å². The number of pyridine rings is 1. The van der Waals surface area contributed by atoms with E-state index in [4.69, 9.17) is 9.84 Å². The molecule has 0 aliphatic rings. The van der Waals surface area contributed by atoms with Gasteiger partial charge in [-0.05, 0) is 25.1 Å². The first kappa shape index (κ1) is 13.1. The molecule has 0 aliphatic carbocycles. The molecule has 0 atom stereocenters. The maximum Gasteiger partial charge on any atom is 0.335 e. The molecule has 0 bridgehead atoms.